The monoisotopic (exact) mass is 293 g/mol. The van der Waals surface area contributed by atoms with E-state index in [1.807, 2.05) is 30.3 Å². The molecule has 3 rings (SSSR count). The van der Waals surface area contributed by atoms with Crippen LogP contribution in [-0.4, -0.2) is 15.8 Å². The van der Waals surface area contributed by atoms with Gasteiger partial charge in [-0.05, 0) is 23.3 Å². The molecule has 3 N–H and O–H groups in total. The van der Waals surface area contributed by atoms with Gasteiger partial charge in [-0.1, -0.05) is 36.4 Å². The van der Waals surface area contributed by atoms with Crippen LogP contribution in [0, 0.1) is 0 Å². The van der Waals surface area contributed by atoms with Gasteiger partial charge in [0, 0.05) is 6.42 Å². The quantitative estimate of drug-likeness (QED) is 0.766. The summed E-state index contributed by atoms with van der Waals surface area (Å²) >= 11 is 0. The molecule has 0 spiro atoms. The van der Waals surface area contributed by atoms with Gasteiger partial charge in [0.05, 0.1) is 23.3 Å². The number of aromatic nitrogens is 2. The van der Waals surface area contributed by atoms with Crippen LogP contribution in [0.2, 0.25) is 0 Å². The SMILES string of the molecule is N[C@@H](C(=O)Cc1ccc2c(=O)[nH]cnc2c1)c1ccccc1. The first-order valence-electron chi connectivity index (χ1n) is 6.95. The Balaban J connectivity index is 1.84. The fraction of sp³-hybridized carbons (Fsp3) is 0.118. The van der Waals surface area contributed by atoms with Gasteiger partial charge in [-0.15, -0.1) is 0 Å². The van der Waals surface area contributed by atoms with Crippen LogP contribution in [0.5, 0.6) is 0 Å². The zero-order valence-electron chi connectivity index (χ0n) is 11.8. The molecule has 0 amide bonds. The van der Waals surface area contributed by atoms with Gasteiger partial charge in [-0.3, -0.25) is 9.59 Å². The summed E-state index contributed by atoms with van der Waals surface area (Å²) in [4.78, 5) is 30.6. The van der Waals surface area contributed by atoms with Gasteiger partial charge in [0.15, 0.2) is 5.78 Å². The second-order valence-electron chi connectivity index (χ2n) is 5.11. The van der Waals surface area contributed by atoms with Crippen molar-refractivity contribution in [3.8, 4) is 0 Å². The van der Waals surface area contributed by atoms with Crippen molar-refractivity contribution in [2.75, 3.05) is 0 Å². The van der Waals surface area contributed by atoms with E-state index in [4.69, 9.17) is 5.73 Å². The van der Waals surface area contributed by atoms with Crippen molar-refractivity contribution in [2.24, 2.45) is 5.73 Å². The number of nitrogens with zero attached hydrogens (tertiary/aromatic N) is 1. The van der Waals surface area contributed by atoms with Gasteiger partial charge in [0.2, 0.25) is 0 Å². The molecule has 0 unspecified atom stereocenters. The van der Waals surface area contributed by atoms with E-state index in [1.54, 1.807) is 18.2 Å². The van der Waals surface area contributed by atoms with E-state index in [-0.39, 0.29) is 17.8 Å². The topological polar surface area (TPSA) is 88.8 Å². The fourth-order valence-corrected chi connectivity index (χ4v) is 2.38. The molecule has 0 saturated heterocycles. The van der Waals surface area contributed by atoms with Crippen molar-refractivity contribution in [1.82, 2.24) is 9.97 Å². The van der Waals surface area contributed by atoms with Crippen LogP contribution in [0.15, 0.2) is 59.7 Å². The molecule has 0 fully saturated rings. The number of hydrogen-bond acceptors (Lipinski definition) is 4. The van der Waals surface area contributed by atoms with E-state index in [2.05, 4.69) is 9.97 Å². The lowest BCUT2D eigenvalue weighted by Crippen LogP contribution is -2.23. The predicted molar refractivity (Wildman–Crippen MR) is 84.4 cm³/mol. The summed E-state index contributed by atoms with van der Waals surface area (Å²) in [5, 5.41) is 0.506. The summed E-state index contributed by atoms with van der Waals surface area (Å²) < 4.78 is 0. The maximum atomic E-state index is 12.3. The van der Waals surface area contributed by atoms with Crippen LogP contribution in [-0.2, 0) is 11.2 Å². The lowest BCUT2D eigenvalue weighted by atomic mass is 9.98. The Morgan fingerprint density at radius 2 is 1.95 bits per heavy atom. The Labute approximate surface area is 126 Å². The first-order valence-corrected chi connectivity index (χ1v) is 6.95. The number of benzene rings is 2. The summed E-state index contributed by atoms with van der Waals surface area (Å²) in [7, 11) is 0. The van der Waals surface area contributed by atoms with Crippen molar-refractivity contribution in [1.29, 1.82) is 0 Å². The lowest BCUT2D eigenvalue weighted by Gasteiger charge is -2.11. The number of nitrogens with one attached hydrogen (secondary N) is 1. The number of H-pyrrole nitrogens is 1. The summed E-state index contributed by atoms with van der Waals surface area (Å²) in [6.45, 7) is 0. The predicted octanol–water partition coefficient (Wildman–Crippen LogP) is 1.73. The Hall–Kier alpha value is -2.79. The molecular weight excluding hydrogens is 278 g/mol. The van der Waals surface area contributed by atoms with E-state index < -0.39 is 6.04 Å². The van der Waals surface area contributed by atoms with Crippen LogP contribution in [0.25, 0.3) is 10.9 Å². The molecule has 3 aromatic rings. The summed E-state index contributed by atoms with van der Waals surface area (Å²) in [6.07, 6.45) is 1.56. The third kappa shape index (κ3) is 2.80. The van der Waals surface area contributed by atoms with Gasteiger partial charge in [0.25, 0.3) is 5.56 Å². The highest BCUT2D eigenvalue weighted by molar-refractivity contribution is 5.88. The van der Waals surface area contributed by atoms with Crippen molar-refractivity contribution >= 4 is 16.7 Å². The van der Waals surface area contributed by atoms with Crippen molar-refractivity contribution in [2.45, 2.75) is 12.5 Å². The normalized spacial score (nSPS) is 12.2. The molecule has 2 aromatic carbocycles. The number of carbonyl (C=O) groups is 1. The molecule has 0 radical (unpaired) electrons. The molecule has 0 saturated carbocycles. The Kier molecular flexibility index (Phi) is 3.80. The number of rotatable bonds is 4. The zero-order valence-corrected chi connectivity index (χ0v) is 11.8. The smallest absolute Gasteiger partial charge is 0.258 e. The first-order chi connectivity index (χ1) is 10.6. The molecule has 0 bridgehead atoms. The number of carbonyl (C=O) groups excluding carboxylic acids is 1. The maximum absolute atomic E-state index is 12.3. The maximum Gasteiger partial charge on any atom is 0.258 e. The number of ketones is 1. The molecule has 0 aliphatic carbocycles. The van der Waals surface area contributed by atoms with Crippen LogP contribution >= 0.6 is 0 Å². The van der Waals surface area contributed by atoms with E-state index in [0.717, 1.165) is 11.1 Å². The summed E-state index contributed by atoms with van der Waals surface area (Å²) in [5.41, 5.74) is 7.97. The zero-order chi connectivity index (χ0) is 15.5. The summed E-state index contributed by atoms with van der Waals surface area (Å²) in [6, 6.07) is 13.8. The average Bonchev–Trinajstić information content (AvgIpc) is 2.55. The molecule has 0 aliphatic heterocycles. The van der Waals surface area contributed by atoms with Crippen LogP contribution in [0.1, 0.15) is 17.2 Å². The third-order valence-corrected chi connectivity index (χ3v) is 3.59. The molecule has 22 heavy (non-hydrogen) atoms. The second kappa shape index (κ2) is 5.91. The van der Waals surface area contributed by atoms with Crippen LogP contribution in [0.3, 0.4) is 0 Å². The van der Waals surface area contributed by atoms with Crippen LogP contribution < -0.4 is 11.3 Å². The molecule has 0 aliphatic rings. The summed E-state index contributed by atoms with van der Waals surface area (Å²) in [5.74, 6) is -0.0737. The largest absolute Gasteiger partial charge is 0.318 e. The standard InChI is InChI=1S/C17H15N3O2/c18-16(12-4-2-1-3-5-12)15(21)9-11-6-7-13-14(8-11)19-10-20-17(13)22/h1-8,10,16H,9,18H2,(H,19,20,22)/t16-/m1/s1. The Morgan fingerprint density at radius 1 is 1.18 bits per heavy atom. The molecular formula is C17H15N3O2. The number of fused-ring (bicyclic) bond motifs is 1. The van der Waals surface area contributed by atoms with E-state index >= 15 is 0 Å². The van der Waals surface area contributed by atoms with Crippen molar-refractivity contribution in [3.63, 3.8) is 0 Å². The number of nitrogens with two attached hydrogens (primary N) is 1. The van der Waals surface area contributed by atoms with E-state index in [1.165, 1.54) is 6.33 Å². The number of hydrogen-bond donors (Lipinski definition) is 2. The molecule has 110 valence electrons. The molecule has 1 aromatic heterocycles. The highest BCUT2D eigenvalue weighted by atomic mass is 16.1. The number of aromatic amines is 1. The Bertz CT molecular complexity index is 872. The minimum Gasteiger partial charge on any atom is -0.318 e. The van der Waals surface area contributed by atoms with Gasteiger partial charge >= 0.3 is 0 Å². The highest BCUT2D eigenvalue weighted by Gasteiger charge is 2.16. The highest BCUT2D eigenvalue weighted by Crippen LogP contribution is 2.15. The van der Waals surface area contributed by atoms with Crippen LogP contribution in [0.4, 0.5) is 0 Å². The fourth-order valence-electron chi connectivity index (χ4n) is 2.38. The van der Waals surface area contributed by atoms with E-state index in [9.17, 15) is 9.59 Å². The van der Waals surface area contributed by atoms with Crippen molar-refractivity contribution in [3.05, 3.63) is 76.3 Å². The first kappa shape index (κ1) is 14.2. The lowest BCUT2D eigenvalue weighted by molar-refractivity contribution is -0.119. The Morgan fingerprint density at radius 3 is 2.73 bits per heavy atom. The molecule has 1 heterocycles. The van der Waals surface area contributed by atoms with Gasteiger partial charge < -0.3 is 10.7 Å². The van der Waals surface area contributed by atoms with Gasteiger partial charge in [-0.25, -0.2) is 4.98 Å². The van der Waals surface area contributed by atoms with Gasteiger partial charge in [0.1, 0.15) is 0 Å². The third-order valence-electron chi connectivity index (χ3n) is 3.59. The molecule has 1 atom stereocenters. The van der Waals surface area contributed by atoms with Crippen molar-refractivity contribution < 1.29 is 4.79 Å². The average molecular weight is 293 g/mol. The minimum absolute atomic E-state index is 0.0737. The second-order valence-corrected chi connectivity index (χ2v) is 5.11. The molecule has 5 heteroatoms. The van der Waals surface area contributed by atoms with E-state index in [0.29, 0.717) is 10.9 Å². The minimum atomic E-state index is -0.649. The van der Waals surface area contributed by atoms with Gasteiger partial charge in [-0.2, -0.15) is 0 Å². The number of Topliss-reactive ketones (excluding diaryl/α,β-unsaturated/α-hetero) is 1. The molecule has 5 nitrogen and oxygen atoms in total.